The van der Waals surface area contributed by atoms with E-state index in [2.05, 4.69) is 5.32 Å². The average molecular weight is 372 g/mol. The number of nitrogens with one attached hydrogen (secondary N) is 1. The first-order valence-corrected chi connectivity index (χ1v) is 8.62. The molecule has 138 valence electrons. The van der Waals surface area contributed by atoms with Gasteiger partial charge in [0, 0.05) is 5.56 Å². The summed E-state index contributed by atoms with van der Waals surface area (Å²) in [4.78, 5) is 39.5. The summed E-state index contributed by atoms with van der Waals surface area (Å²) in [5, 5.41) is 2.74. The van der Waals surface area contributed by atoms with Gasteiger partial charge in [-0.2, -0.15) is 0 Å². The zero-order valence-corrected chi connectivity index (χ0v) is 15.0. The summed E-state index contributed by atoms with van der Waals surface area (Å²) < 4.78 is 5.14. The van der Waals surface area contributed by atoms with E-state index in [1.165, 1.54) is 7.11 Å². The number of hydrogen-bond donors (Lipinski definition) is 1. The van der Waals surface area contributed by atoms with Crippen LogP contribution in [0.15, 0.2) is 72.8 Å². The van der Waals surface area contributed by atoms with E-state index >= 15 is 0 Å². The van der Waals surface area contributed by atoms with E-state index in [4.69, 9.17) is 4.74 Å². The molecule has 1 heterocycles. The van der Waals surface area contributed by atoms with E-state index in [0.717, 1.165) is 4.90 Å². The number of carbonyl (C=O) groups is 3. The van der Waals surface area contributed by atoms with Gasteiger partial charge in [0.05, 0.1) is 29.6 Å². The highest BCUT2D eigenvalue weighted by Crippen LogP contribution is 2.33. The third kappa shape index (κ3) is 2.91. The number of rotatable bonds is 4. The molecule has 0 saturated carbocycles. The van der Waals surface area contributed by atoms with E-state index in [9.17, 15) is 14.4 Å². The van der Waals surface area contributed by atoms with Crippen LogP contribution in [0.5, 0.6) is 5.75 Å². The summed E-state index contributed by atoms with van der Waals surface area (Å²) in [6.45, 7) is 0. The van der Waals surface area contributed by atoms with Crippen molar-refractivity contribution >= 4 is 29.1 Å². The van der Waals surface area contributed by atoms with Crippen LogP contribution in [0.2, 0.25) is 0 Å². The Morgan fingerprint density at radius 2 is 1.64 bits per heavy atom. The first-order valence-electron chi connectivity index (χ1n) is 8.62. The van der Waals surface area contributed by atoms with Gasteiger partial charge in [0.25, 0.3) is 17.7 Å². The largest absolute Gasteiger partial charge is 0.497 e. The van der Waals surface area contributed by atoms with Gasteiger partial charge in [0.15, 0.2) is 0 Å². The Bertz CT molecular complexity index is 1090. The van der Waals surface area contributed by atoms with Gasteiger partial charge in [-0.05, 0) is 42.5 Å². The number of hydrogen-bond acceptors (Lipinski definition) is 4. The monoisotopic (exact) mass is 372 g/mol. The standard InChI is InChI=1S/C22H16N2O4/c1-28-16-10-5-7-14(13-16)20(25)23-18-12-6-11-17-19(18)22(27)24(21(17)26)15-8-3-2-4-9-15/h2-13H,1H3,(H,23,25). The summed E-state index contributed by atoms with van der Waals surface area (Å²) in [5.74, 6) is -0.727. The van der Waals surface area contributed by atoms with Gasteiger partial charge in [0.1, 0.15) is 5.75 Å². The van der Waals surface area contributed by atoms with Crippen molar-refractivity contribution in [1.29, 1.82) is 0 Å². The number of amides is 3. The Balaban J connectivity index is 1.69. The van der Waals surface area contributed by atoms with Crippen LogP contribution >= 0.6 is 0 Å². The Kier molecular flexibility index (Phi) is 4.37. The summed E-state index contributed by atoms with van der Waals surface area (Å²) in [5.41, 5.74) is 1.61. The maximum atomic E-state index is 13.0. The van der Waals surface area contributed by atoms with Crippen molar-refractivity contribution in [3.8, 4) is 5.75 Å². The topological polar surface area (TPSA) is 75.7 Å². The summed E-state index contributed by atoms with van der Waals surface area (Å²) in [6, 6.07) is 20.2. The number of methoxy groups -OCH3 is 1. The fourth-order valence-corrected chi connectivity index (χ4v) is 3.16. The minimum Gasteiger partial charge on any atom is -0.497 e. The lowest BCUT2D eigenvalue weighted by atomic mass is 10.1. The van der Waals surface area contributed by atoms with Crippen LogP contribution in [0, 0.1) is 0 Å². The van der Waals surface area contributed by atoms with Crippen LogP contribution in [0.4, 0.5) is 11.4 Å². The van der Waals surface area contributed by atoms with Crippen LogP contribution < -0.4 is 15.0 Å². The molecule has 6 nitrogen and oxygen atoms in total. The highest BCUT2D eigenvalue weighted by molar-refractivity contribution is 6.36. The number of anilines is 2. The first kappa shape index (κ1) is 17.5. The summed E-state index contributed by atoms with van der Waals surface area (Å²) >= 11 is 0. The second-order valence-corrected chi connectivity index (χ2v) is 6.20. The van der Waals surface area contributed by atoms with Gasteiger partial charge in [-0.3, -0.25) is 14.4 Å². The van der Waals surface area contributed by atoms with Gasteiger partial charge in [-0.15, -0.1) is 0 Å². The Morgan fingerprint density at radius 1 is 0.893 bits per heavy atom. The van der Waals surface area contributed by atoms with Crippen LogP contribution in [-0.4, -0.2) is 24.8 Å². The normalized spacial score (nSPS) is 12.7. The molecule has 0 spiro atoms. The van der Waals surface area contributed by atoms with Crippen molar-refractivity contribution in [2.24, 2.45) is 0 Å². The fraction of sp³-hybridized carbons (Fsp3) is 0.0455. The summed E-state index contributed by atoms with van der Waals surface area (Å²) in [6.07, 6.45) is 0. The molecule has 3 aromatic rings. The number of carbonyl (C=O) groups excluding carboxylic acids is 3. The predicted molar refractivity (Wildman–Crippen MR) is 105 cm³/mol. The maximum Gasteiger partial charge on any atom is 0.268 e. The van der Waals surface area contributed by atoms with Gasteiger partial charge < -0.3 is 10.1 Å². The third-order valence-corrected chi connectivity index (χ3v) is 4.51. The second-order valence-electron chi connectivity index (χ2n) is 6.20. The SMILES string of the molecule is COc1cccc(C(=O)Nc2cccc3c2C(=O)N(c2ccccc2)C3=O)c1. The Hall–Kier alpha value is -3.93. The van der Waals surface area contributed by atoms with E-state index in [1.807, 2.05) is 0 Å². The Morgan fingerprint density at radius 3 is 2.39 bits per heavy atom. The molecule has 0 unspecified atom stereocenters. The zero-order valence-electron chi connectivity index (χ0n) is 15.0. The summed E-state index contributed by atoms with van der Waals surface area (Å²) in [7, 11) is 1.52. The molecule has 3 amide bonds. The van der Waals surface area contributed by atoms with Crippen LogP contribution in [0.1, 0.15) is 31.1 Å². The lowest BCUT2D eigenvalue weighted by Crippen LogP contribution is -2.29. The maximum absolute atomic E-state index is 13.0. The van der Waals surface area contributed by atoms with Gasteiger partial charge in [-0.1, -0.05) is 30.3 Å². The quantitative estimate of drug-likeness (QED) is 0.708. The van der Waals surface area contributed by atoms with Crippen LogP contribution in [0.25, 0.3) is 0 Å². The third-order valence-electron chi connectivity index (χ3n) is 4.51. The van der Waals surface area contributed by atoms with Gasteiger partial charge in [-0.25, -0.2) is 4.90 Å². The van der Waals surface area contributed by atoms with Crippen molar-refractivity contribution in [2.45, 2.75) is 0 Å². The van der Waals surface area contributed by atoms with Crippen molar-refractivity contribution in [2.75, 3.05) is 17.3 Å². The number of ether oxygens (including phenoxy) is 1. The molecule has 0 atom stereocenters. The molecule has 28 heavy (non-hydrogen) atoms. The number of nitrogens with zero attached hydrogens (tertiary/aromatic N) is 1. The van der Waals surface area contributed by atoms with Crippen molar-refractivity contribution in [1.82, 2.24) is 0 Å². The number of benzene rings is 3. The van der Waals surface area contributed by atoms with Gasteiger partial charge >= 0.3 is 0 Å². The molecule has 0 fully saturated rings. The lowest BCUT2D eigenvalue weighted by molar-refractivity contribution is 0.0926. The van der Waals surface area contributed by atoms with E-state index in [0.29, 0.717) is 22.7 Å². The molecule has 3 aromatic carbocycles. The highest BCUT2D eigenvalue weighted by Gasteiger charge is 2.38. The molecule has 1 aliphatic heterocycles. The smallest absolute Gasteiger partial charge is 0.268 e. The molecule has 4 rings (SSSR count). The zero-order chi connectivity index (χ0) is 19.7. The molecule has 0 bridgehead atoms. The van der Waals surface area contributed by atoms with Gasteiger partial charge in [0.2, 0.25) is 0 Å². The van der Waals surface area contributed by atoms with E-state index < -0.39 is 17.7 Å². The average Bonchev–Trinajstić information content (AvgIpc) is 2.99. The minimum absolute atomic E-state index is 0.188. The molecule has 6 heteroatoms. The number of fused-ring (bicyclic) bond motifs is 1. The number of para-hydroxylation sites is 1. The van der Waals surface area contributed by atoms with Crippen molar-refractivity contribution in [3.05, 3.63) is 89.5 Å². The van der Waals surface area contributed by atoms with Crippen molar-refractivity contribution < 1.29 is 19.1 Å². The molecular formula is C22H16N2O4. The molecule has 0 saturated heterocycles. The molecule has 0 aromatic heterocycles. The van der Waals surface area contributed by atoms with E-state index in [1.54, 1.807) is 72.8 Å². The number of imide groups is 1. The predicted octanol–water partition coefficient (Wildman–Crippen LogP) is 3.75. The minimum atomic E-state index is -0.465. The fourth-order valence-electron chi connectivity index (χ4n) is 3.16. The van der Waals surface area contributed by atoms with Crippen LogP contribution in [-0.2, 0) is 0 Å². The molecule has 0 radical (unpaired) electrons. The lowest BCUT2D eigenvalue weighted by Gasteiger charge is -2.13. The van der Waals surface area contributed by atoms with Crippen molar-refractivity contribution in [3.63, 3.8) is 0 Å². The second kappa shape index (κ2) is 7.00. The molecular weight excluding hydrogens is 356 g/mol. The first-order chi connectivity index (χ1) is 13.6. The molecule has 1 N–H and O–H groups in total. The molecule has 0 aliphatic carbocycles. The van der Waals surface area contributed by atoms with Crippen LogP contribution in [0.3, 0.4) is 0 Å². The highest BCUT2D eigenvalue weighted by atomic mass is 16.5. The Labute approximate surface area is 161 Å². The van der Waals surface area contributed by atoms with E-state index in [-0.39, 0.29) is 11.1 Å². The molecule has 1 aliphatic rings.